The fourth-order valence-electron chi connectivity index (χ4n) is 8.16. The molecule has 8 rings (SSSR count). The molecule has 2 aromatic carbocycles. The van der Waals surface area contributed by atoms with Crippen LogP contribution in [0.3, 0.4) is 0 Å². The van der Waals surface area contributed by atoms with Crippen molar-refractivity contribution in [3.8, 4) is 5.75 Å². The number of ether oxygens (including phenoxy) is 2. The van der Waals surface area contributed by atoms with E-state index in [4.69, 9.17) is 21.1 Å². The van der Waals surface area contributed by atoms with Crippen molar-refractivity contribution in [3.63, 3.8) is 0 Å². The number of nitrogens with one attached hydrogen (secondary N) is 1. The van der Waals surface area contributed by atoms with Gasteiger partial charge in [0.05, 0.1) is 24.2 Å². The lowest BCUT2D eigenvalue weighted by Crippen LogP contribution is -2.50. The number of benzene rings is 2. The van der Waals surface area contributed by atoms with Crippen molar-refractivity contribution in [2.45, 2.75) is 57.0 Å². The number of hydrogen-bond acceptors (Lipinski definition) is 6. The van der Waals surface area contributed by atoms with Gasteiger partial charge < -0.3 is 14.4 Å². The minimum Gasteiger partial charge on any atom is -0.490 e. The van der Waals surface area contributed by atoms with Crippen LogP contribution in [-0.2, 0) is 26.6 Å². The standard InChI is InChI=1S/C33H39ClN2O5S/c1-20-17-42(38,39)35-32(37)22-6-10-30-29(15-22)36(16-23-5-8-27(23)31(40-2)25-12-24(20)13-25)18-33(19-41-30)11-3-4-21-14-26(34)7-9-28(21)33/h6-7,9-10,12,14-15,20,23-24,27,31H,3-5,8,11,13,16-19H2,1-2H3,(H,35,37)/t20-,23+,24?,27-,31+,33+/m1/s1. The maximum Gasteiger partial charge on any atom is 0.264 e. The van der Waals surface area contributed by atoms with Crippen molar-refractivity contribution in [1.82, 2.24) is 4.72 Å². The average molecular weight is 611 g/mol. The zero-order chi connectivity index (χ0) is 29.2. The fraction of sp³-hybridized carbons (Fsp3) is 0.545. The Labute approximate surface area is 253 Å². The van der Waals surface area contributed by atoms with Crippen LogP contribution < -0.4 is 14.4 Å². The Balaban J connectivity index is 1.31. The summed E-state index contributed by atoms with van der Waals surface area (Å²) in [5.74, 6) is 0.954. The molecule has 6 aliphatic rings. The zero-order valence-corrected chi connectivity index (χ0v) is 25.8. The van der Waals surface area contributed by atoms with Crippen LogP contribution in [0.15, 0.2) is 48.0 Å². The van der Waals surface area contributed by atoms with Crippen LogP contribution in [0.4, 0.5) is 5.69 Å². The number of fused-ring (bicyclic) bond motifs is 6. The fourth-order valence-corrected chi connectivity index (χ4v) is 9.78. The van der Waals surface area contributed by atoms with Crippen LogP contribution in [0, 0.1) is 23.7 Å². The van der Waals surface area contributed by atoms with E-state index in [9.17, 15) is 13.2 Å². The van der Waals surface area contributed by atoms with Crippen molar-refractivity contribution in [3.05, 3.63) is 69.8 Å². The molecule has 7 nitrogen and oxygen atoms in total. The lowest BCUT2D eigenvalue weighted by Gasteiger charge is -2.48. The summed E-state index contributed by atoms with van der Waals surface area (Å²) in [5, 5.41) is 0.754. The Bertz CT molecular complexity index is 1560. The maximum atomic E-state index is 13.3. The Morgan fingerprint density at radius 3 is 2.76 bits per heavy atom. The number of sulfonamides is 1. The summed E-state index contributed by atoms with van der Waals surface area (Å²) in [6.45, 7) is 4.05. The van der Waals surface area contributed by atoms with Crippen LogP contribution in [0.1, 0.15) is 60.5 Å². The quantitative estimate of drug-likeness (QED) is 0.429. The van der Waals surface area contributed by atoms with Gasteiger partial charge in [-0.25, -0.2) is 13.1 Å². The molecule has 6 atom stereocenters. The molecule has 1 spiro atoms. The van der Waals surface area contributed by atoms with E-state index in [-0.39, 0.29) is 29.1 Å². The SMILES string of the molecule is CO[C@H]1C2=CC(C2)[C@H](C)CS(=O)(=O)NC(=O)c2ccc3c(c2)N(C[C@@H]2CC[C@H]21)C[C@@]1(CCCc2cc(Cl)ccc21)CO3. The van der Waals surface area contributed by atoms with Crippen LogP contribution in [0.5, 0.6) is 5.75 Å². The summed E-state index contributed by atoms with van der Waals surface area (Å²) in [6.07, 6.45) is 8.40. The summed E-state index contributed by atoms with van der Waals surface area (Å²) in [6, 6.07) is 11.6. The molecule has 0 aromatic heterocycles. The van der Waals surface area contributed by atoms with Gasteiger partial charge in [0.2, 0.25) is 10.0 Å². The van der Waals surface area contributed by atoms with Gasteiger partial charge in [0.15, 0.2) is 0 Å². The normalized spacial score (nSPS) is 33.5. The third-order valence-corrected chi connectivity index (χ3v) is 12.3. The summed E-state index contributed by atoms with van der Waals surface area (Å²) in [4.78, 5) is 15.7. The van der Waals surface area contributed by atoms with Crippen LogP contribution in [0.2, 0.25) is 5.02 Å². The van der Waals surface area contributed by atoms with Crippen molar-refractivity contribution in [1.29, 1.82) is 0 Å². The van der Waals surface area contributed by atoms with Crippen LogP contribution in [0.25, 0.3) is 0 Å². The second kappa shape index (κ2) is 10.6. The molecular formula is C33H39ClN2O5S. The number of allylic oxidation sites excluding steroid dienone is 1. The zero-order valence-electron chi connectivity index (χ0n) is 24.3. The number of halogens is 1. The number of rotatable bonds is 1. The van der Waals surface area contributed by atoms with Gasteiger partial charge in [0, 0.05) is 36.2 Å². The highest BCUT2D eigenvalue weighted by Crippen LogP contribution is 2.49. The van der Waals surface area contributed by atoms with Crippen molar-refractivity contribution >= 4 is 33.2 Å². The summed E-state index contributed by atoms with van der Waals surface area (Å²) in [7, 11) is -2.01. The van der Waals surface area contributed by atoms with Gasteiger partial charge in [0.1, 0.15) is 5.75 Å². The molecule has 1 unspecified atom stereocenters. The monoisotopic (exact) mass is 610 g/mol. The summed E-state index contributed by atoms with van der Waals surface area (Å²) < 4.78 is 41.1. The number of nitrogens with zero attached hydrogens (tertiary/aromatic N) is 1. The molecule has 2 aromatic rings. The van der Waals surface area contributed by atoms with Crippen LogP contribution in [-0.4, -0.2) is 53.0 Å². The third kappa shape index (κ3) is 4.93. The molecule has 4 bridgehead atoms. The number of methoxy groups -OCH3 is 1. The Kier molecular flexibility index (Phi) is 7.10. The molecule has 42 heavy (non-hydrogen) atoms. The Hall–Kier alpha value is -2.55. The first-order valence-corrected chi connectivity index (χ1v) is 17.3. The molecule has 1 N–H and O–H groups in total. The van der Waals surface area contributed by atoms with E-state index in [0.717, 1.165) is 68.1 Å². The lowest BCUT2D eigenvalue weighted by atomic mass is 9.64. The second-order valence-corrected chi connectivity index (χ2v) is 15.4. The second-order valence-electron chi connectivity index (χ2n) is 13.2. The minimum absolute atomic E-state index is 0.0527. The minimum atomic E-state index is -3.81. The number of carbonyl (C=O) groups excluding carboxylic acids is 1. The van der Waals surface area contributed by atoms with Crippen LogP contribution >= 0.6 is 11.6 Å². The van der Waals surface area contributed by atoms with Gasteiger partial charge >= 0.3 is 0 Å². The molecule has 3 aliphatic carbocycles. The summed E-state index contributed by atoms with van der Waals surface area (Å²) in [5.41, 5.74) is 4.81. The first kappa shape index (κ1) is 28.2. The van der Waals surface area contributed by atoms with E-state index in [1.165, 1.54) is 16.7 Å². The molecule has 0 radical (unpaired) electrons. The predicted octanol–water partition coefficient (Wildman–Crippen LogP) is 5.51. The molecule has 224 valence electrons. The van der Waals surface area contributed by atoms with Gasteiger partial charge in [-0.1, -0.05) is 30.7 Å². The molecular weight excluding hydrogens is 572 g/mol. The largest absolute Gasteiger partial charge is 0.490 e. The van der Waals surface area contributed by atoms with E-state index in [1.54, 1.807) is 13.2 Å². The highest BCUT2D eigenvalue weighted by atomic mass is 35.5. The Morgan fingerprint density at radius 1 is 1.17 bits per heavy atom. The maximum absolute atomic E-state index is 13.3. The van der Waals surface area contributed by atoms with E-state index >= 15 is 0 Å². The molecule has 1 amide bonds. The molecule has 1 saturated carbocycles. The van der Waals surface area contributed by atoms with E-state index in [2.05, 4.69) is 27.8 Å². The van der Waals surface area contributed by atoms with Crippen molar-refractivity contribution < 1.29 is 22.7 Å². The number of anilines is 1. The molecule has 1 fully saturated rings. The molecule has 3 heterocycles. The highest BCUT2D eigenvalue weighted by molar-refractivity contribution is 7.90. The van der Waals surface area contributed by atoms with E-state index in [1.807, 2.05) is 25.1 Å². The van der Waals surface area contributed by atoms with Crippen molar-refractivity contribution in [2.75, 3.05) is 37.5 Å². The number of amides is 1. The lowest BCUT2D eigenvalue weighted by molar-refractivity contribution is -0.000285. The van der Waals surface area contributed by atoms with E-state index < -0.39 is 15.9 Å². The van der Waals surface area contributed by atoms with Gasteiger partial charge in [-0.2, -0.15) is 0 Å². The topological polar surface area (TPSA) is 84.9 Å². The number of aryl methyl sites for hydroxylation is 1. The van der Waals surface area contributed by atoms with Gasteiger partial charge in [-0.15, -0.1) is 0 Å². The first-order chi connectivity index (χ1) is 20.1. The predicted molar refractivity (Wildman–Crippen MR) is 164 cm³/mol. The Morgan fingerprint density at radius 2 is 2.00 bits per heavy atom. The van der Waals surface area contributed by atoms with Crippen molar-refractivity contribution in [2.24, 2.45) is 23.7 Å². The summed E-state index contributed by atoms with van der Waals surface area (Å²) >= 11 is 6.41. The average Bonchev–Trinajstić information content (AvgIpc) is 3.05. The molecule has 0 saturated heterocycles. The molecule has 3 aliphatic heterocycles. The van der Waals surface area contributed by atoms with Gasteiger partial charge in [0.25, 0.3) is 5.91 Å². The molecule has 9 heteroatoms. The van der Waals surface area contributed by atoms with Gasteiger partial charge in [-0.05, 0) is 109 Å². The number of hydrogen-bond donors (Lipinski definition) is 1. The highest BCUT2D eigenvalue weighted by Gasteiger charge is 2.46. The first-order valence-electron chi connectivity index (χ1n) is 15.2. The van der Waals surface area contributed by atoms with E-state index in [0.29, 0.717) is 24.0 Å². The van der Waals surface area contributed by atoms with Gasteiger partial charge in [-0.3, -0.25) is 4.79 Å². The third-order valence-electron chi connectivity index (χ3n) is 10.6. The number of carbonyl (C=O) groups is 1. The smallest absolute Gasteiger partial charge is 0.264 e.